The van der Waals surface area contributed by atoms with Crippen molar-refractivity contribution in [3.05, 3.63) is 42.5 Å². The Morgan fingerprint density at radius 1 is 1.26 bits per heavy atom. The summed E-state index contributed by atoms with van der Waals surface area (Å²) in [6, 6.07) is 8.61. The number of guanidine groups is 1. The average Bonchev–Trinajstić information content (AvgIpc) is 2.69. The smallest absolute Gasteiger partial charge is 0.193 e. The molecule has 0 bridgehead atoms. The molecule has 5 nitrogen and oxygen atoms in total. The van der Waals surface area contributed by atoms with Crippen molar-refractivity contribution in [2.45, 2.75) is 32.2 Å². The molecule has 1 fully saturated rings. The van der Waals surface area contributed by atoms with E-state index in [1.54, 1.807) is 0 Å². The average molecular weight is 486 g/mol. The van der Waals surface area contributed by atoms with Gasteiger partial charge in [-0.3, -0.25) is 4.99 Å². The molecular formula is C21H35IN4O. The second kappa shape index (κ2) is 13.8. The lowest BCUT2D eigenvalue weighted by molar-refractivity contribution is 0.122. The molecule has 6 heteroatoms. The maximum Gasteiger partial charge on any atom is 0.193 e. The third kappa shape index (κ3) is 8.09. The molecule has 1 aromatic carbocycles. The van der Waals surface area contributed by atoms with E-state index < -0.39 is 0 Å². The van der Waals surface area contributed by atoms with E-state index in [1.165, 1.54) is 30.5 Å². The van der Waals surface area contributed by atoms with Gasteiger partial charge in [0.2, 0.25) is 0 Å². The van der Waals surface area contributed by atoms with Gasteiger partial charge in [-0.05, 0) is 30.9 Å². The number of benzene rings is 1. The van der Waals surface area contributed by atoms with Gasteiger partial charge in [0.25, 0.3) is 0 Å². The lowest BCUT2D eigenvalue weighted by Crippen LogP contribution is -2.40. The van der Waals surface area contributed by atoms with Crippen LogP contribution in [0.2, 0.25) is 0 Å². The van der Waals surface area contributed by atoms with E-state index >= 15 is 0 Å². The highest BCUT2D eigenvalue weighted by Crippen LogP contribution is 2.21. The summed E-state index contributed by atoms with van der Waals surface area (Å²) < 4.78 is 5.48. The predicted octanol–water partition coefficient (Wildman–Crippen LogP) is 3.89. The van der Waals surface area contributed by atoms with Gasteiger partial charge in [0, 0.05) is 46.0 Å². The molecule has 27 heavy (non-hydrogen) atoms. The number of hydrogen-bond donors (Lipinski definition) is 1. The molecule has 1 aliphatic rings. The first-order chi connectivity index (χ1) is 12.8. The van der Waals surface area contributed by atoms with E-state index in [9.17, 15) is 0 Å². The first-order valence-electron chi connectivity index (χ1n) is 9.69. The topological polar surface area (TPSA) is 40.1 Å². The van der Waals surface area contributed by atoms with Crippen LogP contribution in [0.15, 0.2) is 41.9 Å². The molecule has 0 spiro atoms. The zero-order valence-electron chi connectivity index (χ0n) is 16.8. The number of para-hydroxylation sites is 1. The van der Waals surface area contributed by atoms with Gasteiger partial charge in [0.15, 0.2) is 5.96 Å². The van der Waals surface area contributed by atoms with E-state index in [-0.39, 0.29) is 24.0 Å². The van der Waals surface area contributed by atoms with Gasteiger partial charge >= 0.3 is 0 Å². The molecule has 0 radical (unpaired) electrons. The molecule has 1 aromatic rings. The lowest BCUT2D eigenvalue weighted by atomic mass is 10.1. The third-order valence-electron chi connectivity index (χ3n) is 4.76. The number of halogens is 1. The first-order valence-corrected chi connectivity index (χ1v) is 9.69. The van der Waals surface area contributed by atoms with Crippen molar-refractivity contribution in [3.63, 3.8) is 0 Å². The molecule has 0 aliphatic carbocycles. The summed E-state index contributed by atoms with van der Waals surface area (Å²) in [5.41, 5.74) is 2.60. The van der Waals surface area contributed by atoms with Crippen LogP contribution in [-0.4, -0.2) is 57.8 Å². The van der Waals surface area contributed by atoms with Crippen LogP contribution in [0.4, 0.5) is 5.69 Å². The Hall–Kier alpha value is -1.28. The molecule has 0 amide bonds. The number of morpholine rings is 1. The number of rotatable bonds is 9. The zero-order valence-corrected chi connectivity index (χ0v) is 19.2. The molecule has 0 unspecified atom stereocenters. The number of hydrogen-bond acceptors (Lipinski definition) is 3. The molecule has 1 heterocycles. The molecule has 0 atom stereocenters. The zero-order chi connectivity index (χ0) is 18.6. The van der Waals surface area contributed by atoms with Crippen molar-refractivity contribution in [2.75, 3.05) is 51.8 Å². The lowest BCUT2D eigenvalue weighted by Gasteiger charge is -2.31. The molecule has 1 N–H and O–H groups in total. The third-order valence-corrected chi connectivity index (χ3v) is 4.76. The van der Waals surface area contributed by atoms with Crippen LogP contribution >= 0.6 is 24.0 Å². The summed E-state index contributed by atoms with van der Waals surface area (Å²) in [6.07, 6.45) is 6.73. The van der Waals surface area contributed by atoms with Gasteiger partial charge in [-0.25, -0.2) is 0 Å². The minimum absolute atomic E-state index is 0. The molecule has 152 valence electrons. The molecule has 0 saturated carbocycles. The van der Waals surface area contributed by atoms with Gasteiger partial charge in [-0.2, -0.15) is 0 Å². The van der Waals surface area contributed by atoms with Crippen molar-refractivity contribution in [1.82, 2.24) is 10.2 Å². The van der Waals surface area contributed by atoms with Gasteiger partial charge in [0.1, 0.15) is 0 Å². The molecule has 1 aliphatic heterocycles. The Morgan fingerprint density at radius 3 is 2.70 bits per heavy atom. The van der Waals surface area contributed by atoms with E-state index in [2.05, 4.69) is 58.0 Å². The fourth-order valence-electron chi connectivity index (χ4n) is 3.25. The van der Waals surface area contributed by atoms with Crippen LogP contribution in [-0.2, 0) is 11.3 Å². The summed E-state index contributed by atoms with van der Waals surface area (Å²) in [6.45, 7) is 9.09. The minimum atomic E-state index is 0. The van der Waals surface area contributed by atoms with Crippen molar-refractivity contribution in [1.29, 1.82) is 0 Å². The van der Waals surface area contributed by atoms with Gasteiger partial charge in [-0.1, -0.05) is 30.7 Å². The Bertz CT molecular complexity index is 573. The second-order valence-corrected chi connectivity index (χ2v) is 6.69. The van der Waals surface area contributed by atoms with E-state index in [4.69, 9.17) is 4.74 Å². The van der Waals surface area contributed by atoms with Crippen LogP contribution in [0.5, 0.6) is 0 Å². The number of aliphatic imine (C=N–C) groups is 1. The summed E-state index contributed by atoms with van der Waals surface area (Å²) in [7, 11) is 3.96. The van der Waals surface area contributed by atoms with Crippen LogP contribution in [0.3, 0.4) is 0 Å². The maximum atomic E-state index is 5.48. The van der Waals surface area contributed by atoms with Gasteiger partial charge < -0.3 is 19.9 Å². The fourth-order valence-corrected chi connectivity index (χ4v) is 3.25. The minimum Gasteiger partial charge on any atom is -0.378 e. The van der Waals surface area contributed by atoms with E-state index in [0.717, 1.165) is 51.8 Å². The van der Waals surface area contributed by atoms with Crippen molar-refractivity contribution >= 4 is 35.6 Å². The molecule has 0 aromatic heterocycles. The largest absolute Gasteiger partial charge is 0.378 e. The Labute approximate surface area is 181 Å². The Balaban J connectivity index is 0.00000364. The monoisotopic (exact) mass is 486 g/mol. The SMILES string of the molecule is C=CCCCCCN(C)C(=NC)NCc1ccccc1N1CCOCC1.I. The first kappa shape index (κ1) is 23.8. The fraction of sp³-hybridized carbons (Fsp3) is 0.571. The summed E-state index contributed by atoms with van der Waals surface area (Å²) >= 11 is 0. The second-order valence-electron chi connectivity index (χ2n) is 6.69. The quantitative estimate of drug-likeness (QED) is 0.189. The molecule has 2 rings (SSSR count). The van der Waals surface area contributed by atoms with Crippen LogP contribution in [0, 0.1) is 0 Å². The predicted molar refractivity (Wildman–Crippen MR) is 126 cm³/mol. The number of nitrogens with zero attached hydrogens (tertiary/aromatic N) is 3. The number of nitrogens with one attached hydrogen (secondary N) is 1. The van der Waals surface area contributed by atoms with Crippen molar-refractivity contribution in [2.24, 2.45) is 4.99 Å². The highest BCUT2D eigenvalue weighted by Gasteiger charge is 2.15. The van der Waals surface area contributed by atoms with E-state index in [0.29, 0.717) is 0 Å². The van der Waals surface area contributed by atoms with Crippen molar-refractivity contribution in [3.8, 4) is 0 Å². The number of allylic oxidation sites excluding steroid dienone is 1. The highest BCUT2D eigenvalue weighted by atomic mass is 127. The normalized spacial score (nSPS) is 14.4. The standard InChI is InChI=1S/C21H34N4O.HI/c1-4-5-6-7-10-13-24(3)21(22-2)23-18-19-11-8-9-12-20(19)25-14-16-26-17-15-25;/h4,8-9,11-12H,1,5-7,10,13-18H2,2-3H3,(H,22,23);1H. The maximum absolute atomic E-state index is 5.48. The van der Waals surface area contributed by atoms with Crippen LogP contribution in [0.25, 0.3) is 0 Å². The molecular weight excluding hydrogens is 451 g/mol. The van der Waals surface area contributed by atoms with Gasteiger partial charge in [-0.15, -0.1) is 30.6 Å². The van der Waals surface area contributed by atoms with Crippen LogP contribution < -0.4 is 10.2 Å². The van der Waals surface area contributed by atoms with Crippen molar-refractivity contribution < 1.29 is 4.74 Å². The van der Waals surface area contributed by atoms with E-state index in [1.807, 2.05) is 13.1 Å². The summed E-state index contributed by atoms with van der Waals surface area (Å²) in [4.78, 5) is 9.06. The Morgan fingerprint density at radius 2 is 2.00 bits per heavy atom. The number of ether oxygens (including phenoxy) is 1. The summed E-state index contributed by atoms with van der Waals surface area (Å²) in [5, 5.41) is 3.52. The molecule has 1 saturated heterocycles. The summed E-state index contributed by atoms with van der Waals surface area (Å²) in [5.74, 6) is 0.950. The number of unbranched alkanes of at least 4 members (excludes halogenated alkanes) is 3. The number of anilines is 1. The highest BCUT2D eigenvalue weighted by molar-refractivity contribution is 14.0. The van der Waals surface area contributed by atoms with Gasteiger partial charge in [0.05, 0.1) is 13.2 Å². The Kier molecular flexibility index (Phi) is 12.2. The van der Waals surface area contributed by atoms with Crippen LogP contribution in [0.1, 0.15) is 31.2 Å².